The van der Waals surface area contributed by atoms with E-state index >= 15 is 0 Å². The molecule has 76 valence electrons. The van der Waals surface area contributed by atoms with Crippen LogP contribution in [-0.4, -0.2) is 17.7 Å². The van der Waals surface area contributed by atoms with Crippen molar-refractivity contribution in [2.24, 2.45) is 0 Å². The maximum atomic E-state index is 10.1. The standard InChI is InChI=1S/C11H14BrNO/c12-9-4-1-3-8(7-9)11(14)10-5-2-6-13-10/h1,3-4,7,10-11,13-14H,2,5-6H2/t10-,11?/m1/s1. The fourth-order valence-corrected chi connectivity index (χ4v) is 2.32. The van der Waals surface area contributed by atoms with Gasteiger partial charge >= 0.3 is 0 Å². The van der Waals surface area contributed by atoms with Crippen molar-refractivity contribution < 1.29 is 5.11 Å². The Kier molecular flexibility index (Phi) is 3.21. The van der Waals surface area contributed by atoms with Crippen LogP contribution in [0.1, 0.15) is 24.5 Å². The van der Waals surface area contributed by atoms with Crippen LogP contribution in [0.25, 0.3) is 0 Å². The Labute approximate surface area is 92.5 Å². The normalized spacial score (nSPS) is 23.7. The Morgan fingerprint density at radius 1 is 1.50 bits per heavy atom. The SMILES string of the molecule is OC(c1cccc(Br)c1)[C@H]1CCCN1. The van der Waals surface area contributed by atoms with Gasteiger partial charge in [0, 0.05) is 10.5 Å². The van der Waals surface area contributed by atoms with Crippen LogP contribution in [0, 0.1) is 0 Å². The summed E-state index contributed by atoms with van der Waals surface area (Å²) >= 11 is 3.41. The van der Waals surface area contributed by atoms with Crippen molar-refractivity contribution in [1.29, 1.82) is 0 Å². The van der Waals surface area contributed by atoms with Gasteiger partial charge in [0.1, 0.15) is 0 Å². The average molecular weight is 256 g/mol. The van der Waals surface area contributed by atoms with Crippen molar-refractivity contribution >= 4 is 15.9 Å². The van der Waals surface area contributed by atoms with Gasteiger partial charge in [0.05, 0.1) is 6.10 Å². The number of nitrogens with one attached hydrogen (secondary N) is 1. The Morgan fingerprint density at radius 2 is 2.36 bits per heavy atom. The minimum Gasteiger partial charge on any atom is -0.387 e. The van der Waals surface area contributed by atoms with Gasteiger partial charge in [-0.25, -0.2) is 0 Å². The third-order valence-electron chi connectivity index (χ3n) is 2.67. The molecule has 0 aromatic heterocycles. The molecule has 0 aliphatic carbocycles. The number of halogens is 1. The topological polar surface area (TPSA) is 32.3 Å². The summed E-state index contributed by atoms with van der Waals surface area (Å²) in [6.45, 7) is 1.02. The number of hydrogen-bond donors (Lipinski definition) is 2. The summed E-state index contributed by atoms with van der Waals surface area (Å²) in [4.78, 5) is 0. The largest absolute Gasteiger partial charge is 0.387 e. The van der Waals surface area contributed by atoms with Crippen molar-refractivity contribution in [3.63, 3.8) is 0 Å². The molecule has 0 bridgehead atoms. The summed E-state index contributed by atoms with van der Waals surface area (Å²) in [5.41, 5.74) is 0.985. The minimum atomic E-state index is -0.380. The van der Waals surface area contributed by atoms with E-state index in [9.17, 15) is 5.11 Å². The molecular formula is C11H14BrNO. The molecule has 14 heavy (non-hydrogen) atoms. The second kappa shape index (κ2) is 4.43. The Hall–Kier alpha value is -0.380. The van der Waals surface area contributed by atoms with Crippen LogP contribution >= 0.6 is 15.9 Å². The molecule has 0 amide bonds. The van der Waals surface area contributed by atoms with Crippen LogP contribution in [0.15, 0.2) is 28.7 Å². The highest BCUT2D eigenvalue weighted by Crippen LogP contribution is 2.24. The molecule has 0 radical (unpaired) electrons. The molecule has 1 aliphatic heterocycles. The lowest BCUT2D eigenvalue weighted by Crippen LogP contribution is -2.28. The smallest absolute Gasteiger partial charge is 0.0943 e. The lowest BCUT2D eigenvalue weighted by Gasteiger charge is -2.18. The monoisotopic (exact) mass is 255 g/mol. The number of hydrogen-bond acceptors (Lipinski definition) is 2. The van der Waals surface area contributed by atoms with E-state index in [2.05, 4.69) is 21.2 Å². The zero-order valence-corrected chi connectivity index (χ0v) is 9.50. The molecule has 1 aliphatic rings. The molecule has 0 spiro atoms. The van der Waals surface area contributed by atoms with E-state index in [1.165, 1.54) is 0 Å². The van der Waals surface area contributed by atoms with Crippen LogP contribution in [-0.2, 0) is 0 Å². The molecule has 2 atom stereocenters. The summed E-state index contributed by atoms with van der Waals surface area (Å²) in [5.74, 6) is 0. The van der Waals surface area contributed by atoms with E-state index < -0.39 is 0 Å². The summed E-state index contributed by atoms with van der Waals surface area (Å²) in [7, 11) is 0. The van der Waals surface area contributed by atoms with E-state index in [1.54, 1.807) is 0 Å². The maximum Gasteiger partial charge on any atom is 0.0943 e. The number of aliphatic hydroxyl groups is 1. The molecular weight excluding hydrogens is 242 g/mol. The second-order valence-corrected chi connectivity index (χ2v) is 4.62. The molecule has 1 saturated heterocycles. The average Bonchev–Trinajstić information content (AvgIpc) is 2.69. The third kappa shape index (κ3) is 2.16. The van der Waals surface area contributed by atoms with Crippen molar-refractivity contribution in [1.82, 2.24) is 5.32 Å². The highest BCUT2D eigenvalue weighted by Gasteiger charge is 2.23. The molecule has 1 unspecified atom stereocenters. The van der Waals surface area contributed by atoms with Crippen LogP contribution in [0.5, 0.6) is 0 Å². The van der Waals surface area contributed by atoms with Crippen LogP contribution in [0.4, 0.5) is 0 Å². The van der Waals surface area contributed by atoms with Crippen molar-refractivity contribution in [3.8, 4) is 0 Å². The van der Waals surface area contributed by atoms with Gasteiger partial charge in [-0.05, 0) is 37.1 Å². The third-order valence-corrected chi connectivity index (χ3v) is 3.16. The molecule has 2 N–H and O–H groups in total. The summed E-state index contributed by atoms with van der Waals surface area (Å²) < 4.78 is 1.02. The molecule has 2 rings (SSSR count). The zero-order chi connectivity index (χ0) is 9.97. The predicted molar refractivity (Wildman–Crippen MR) is 60.1 cm³/mol. The number of aliphatic hydroxyl groups excluding tert-OH is 1. The molecule has 1 heterocycles. The van der Waals surface area contributed by atoms with Crippen LogP contribution in [0.3, 0.4) is 0 Å². The van der Waals surface area contributed by atoms with Crippen molar-refractivity contribution in [3.05, 3.63) is 34.3 Å². The van der Waals surface area contributed by atoms with E-state index in [-0.39, 0.29) is 12.1 Å². The van der Waals surface area contributed by atoms with Gasteiger partial charge in [-0.1, -0.05) is 28.1 Å². The predicted octanol–water partition coefficient (Wildman–Crippen LogP) is 2.23. The fraction of sp³-hybridized carbons (Fsp3) is 0.455. The first-order chi connectivity index (χ1) is 6.77. The molecule has 1 aromatic rings. The first-order valence-electron chi connectivity index (χ1n) is 4.94. The van der Waals surface area contributed by atoms with Crippen molar-refractivity contribution in [2.75, 3.05) is 6.54 Å². The van der Waals surface area contributed by atoms with Gasteiger partial charge in [-0.15, -0.1) is 0 Å². The van der Waals surface area contributed by atoms with Gasteiger partial charge in [0.15, 0.2) is 0 Å². The van der Waals surface area contributed by atoms with E-state index in [0.717, 1.165) is 29.4 Å². The Morgan fingerprint density at radius 3 is 3.00 bits per heavy atom. The van der Waals surface area contributed by atoms with Gasteiger partial charge in [0.25, 0.3) is 0 Å². The zero-order valence-electron chi connectivity index (χ0n) is 7.91. The molecule has 2 nitrogen and oxygen atoms in total. The molecule has 1 fully saturated rings. The molecule has 0 saturated carbocycles. The van der Waals surface area contributed by atoms with Crippen LogP contribution in [0.2, 0.25) is 0 Å². The Bertz CT molecular complexity index is 310. The first kappa shape index (κ1) is 10.1. The van der Waals surface area contributed by atoms with Crippen molar-refractivity contribution in [2.45, 2.75) is 25.0 Å². The van der Waals surface area contributed by atoms with Gasteiger partial charge < -0.3 is 10.4 Å². The quantitative estimate of drug-likeness (QED) is 0.850. The van der Waals surface area contributed by atoms with Gasteiger partial charge in [0.2, 0.25) is 0 Å². The first-order valence-corrected chi connectivity index (χ1v) is 5.73. The number of rotatable bonds is 2. The summed E-state index contributed by atoms with van der Waals surface area (Å²) in [6, 6.07) is 8.10. The molecule has 3 heteroatoms. The maximum absolute atomic E-state index is 10.1. The second-order valence-electron chi connectivity index (χ2n) is 3.70. The lowest BCUT2D eigenvalue weighted by molar-refractivity contribution is 0.137. The highest BCUT2D eigenvalue weighted by atomic mass is 79.9. The summed E-state index contributed by atoms with van der Waals surface area (Å²) in [6.07, 6.45) is 1.85. The van der Waals surface area contributed by atoms with E-state index in [0.29, 0.717) is 0 Å². The highest BCUT2D eigenvalue weighted by molar-refractivity contribution is 9.10. The van der Waals surface area contributed by atoms with Gasteiger partial charge in [-0.3, -0.25) is 0 Å². The summed E-state index contributed by atoms with van der Waals surface area (Å²) in [5, 5.41) is 13.4. The Balaban J connectivity index is 2.13. The van der Waals surface area contributed by atoms with Crippen LogP contribution < -0.4 is 5.32 Å². The molecule has 1 aromatic carbocycles. The minimum absolute atomic E-state index is 0.226. The lowest BCUT2D eigenvalue weighted by atomic mass is 10.0. The van der Waals surface area contributed by atoms with Gasteiger partial charge in [-0.2, -0.15) is 0 Å². The van der Waals surface area contributed by atoms with E-state index in [4.69, 9.17) is 0 Å². The number of benzene rings is 1. The van der Waals surface area contributed by atoms with E-state index in [1.807, 2.05) is 24.3 Å². The fourth-order valence-electron chi connectivity index (χ4n) is 1.90.